The maximum atomic E-state index is 3.64. The van der Waals surface area contributed by atoms with Gasteiger partial charge >= 0.3 is 0 Å². The number of hydrogen-bond donors (Lipinski definition) is 1. The molecule has 0 aromatic heterocycles. The van der Waals surface area contributed by atoms with E-state index in [1.165, 1.54) is 37.0 Å². The van der Waals surface area contributed by atoms with E-state index in [9.17, 15) is 0 Å². The Hall–Kier alpha value is -0.470. The third kappa shape index (κ3) is 2.85. The second-order valence-electron chi connectivity index (χ2n) is 6.04. The number of thioether (sulfide) groups is 1. The highest BCUT2D eigenvalue weighted by atomic mass is 32.2. The summed E-state index contributed by atoms with van der Waals surface area (Å²) in [5.41, 5.74) is 3.20. The summed E-state index contributed by atoms with van der Waals surface area (Å²) in [5, 5.41) is 4.43. The first-order valence-corrected chi connectivity index (χ1v) is 8.67. The van der Waals surface area contributed by atoms with Crippen LogP contribution in [0.3, 0.4) is 0 Å². The van der Waals surface area contributed by atoms with E-state index in [1.807, 2.05) is 0 Å². The molecule has 104 valence electrons. The van der Waals surface area contributed by atoms with Gasteiger partial charge in [0.15, 0.2) is 0 Å². The minimum Gasteiger partial charge on any atom is -0.314 e. The molecular weight excluding hydrogens is 250 g/mol. The number of fused-ring (bicyclic) bond motifs is 1. The van der Waals surface area contributed by atoms with Gasteiger partial charge in [-0.05, 0) is 67.8 Å². The largest absolute Gasteiger partial charge is 0.314 e. The summed E-state index contributed by atoms with van der Waals surface area (Å²) in [6, 6.07) is 7.91. The van der Waals surface area contributed by atoms with Gasteiger partial charge in [0.05, 0.1) is 0 Å². The first-order valence-electron chi connectivity index (χ1n) is 7.79. The molecule has 1 aromatic carbocycles. The van der Waals surface area contributed by atoms with Crippen LogP contribution in [0.2, 0.25) is 0 Å². The van der Waals surface area contributed by atoms with Crippen molar-refractivity contribution < 1.29 is 0 Å². The van der Waals surface area contributed by atoms with Crippen molar-refractivity contribution in [1.82, 2.24) is 5.32 Å². The van der Waals surface area contributed by atoms with Gasteiger partial charge in [0.25, 0.3) is 0 Å². The monoisotopic (exact) mass is 275 g/mol. The van der Waals surface area contributed by atoms with Crippen molar-refractivity contribution in [3.05, 3.63) is 29.3 Å². The van der Waals surface area contributed by atoms with E-state index >= 15 is 0 Å². The summed E-state index contributed by atoms with van der Waals surface area (Å²) in [6.07, 6.45) is 6.65. The zero-order valence-corrected chi connectivity index (χ0v) is 12.9. The second kappa shape index (κ2) is 5.88. The Labute approximate surface area is 121 Å². The summed E-state index contributed by atoms with van der Waals surface area (Å²) in [4.78, 5) is 1.50. The van der Waals surface area contributed by atoms with Crippen LogP contribution in [0, 0.1) is 5.92 Å². The number of benzene rings is 1. The molecular formula is C17H25NS. The first-order chi connectivity index (χ1) is 9.28. The quantitative estimate of drug-likeness (QED) is 0.890. The maximum Gasteiger partial charge on any atom is 0.0135 e. The molecule has 0 bridgehead atoms. The lowest BCUT2D eigenvalue weighted by Gasteiger charge is -2.21. The van der Waals surface area contributed by atoms with Gasteiger partial charge in [-0.2, -0.15) is 0 Å². The highest BCUT2D eigenvalue weighted by Crippen LogP contribution is 2.40. The molecule has 1 nitrogen and oxygen atoms in total. The van der Waals surface area contributed by atoms with Crippen LogP contribution in [-0.4, -0.2) is 17.8 Å². The minimum absolute atomic E-state index is 0.733. The van der Waals surface area contributed by atoms with Crippen LogP contribution in [0.15, 0.2) is 23.1 Å². The minimum atomic E-state index is 0.733. The van der Waals surface area contributed by atoms with Crippen molar-refractivity contribution in [1.29, 1.82) is 0 Å². The average molecular weight is 275 g/mol. The molecule has 0 aliphatic heterocycles. The van der Waals surface area contributed by atoms with Crippen LogP contribution in [0.1, 0.15) is 44.2 Å². The molecule has 0 amide bonds. The van der Waals surface area contributed by atoms with Gasteiger partial charge in [0.1, 0.15) is 0 Å². The Kier molecular flexibility index (Phi) is 4.18. The molecule has 0 saturated heterocycles. The van der Waals surface area contributed by atoms with Crippen molar-refractivity contribution >= 4 is 11.8 Å². The van der Waals surface area contributed by atoms with Crippen LogP contribution in [0.25, 0.3) is 0 Å². The lowest BCUT2D eigenvalue weighted by Crippen LogP contribution is -2.32. The van der Waals surface area contributed by atoms with E-state index < -0.39 is 0 Å². The fraction of sp³-hybridized carbons (Fsp3) is 0.647. The van der Waals surface area contributed by atoms with Gasteiger partial charge in [0, 0.05) is 16.2 Å². The molecule has 1 aromatic rings. The summed E-state index contributed by atoms with van der Waals surface area (Å²) in [6.45, 7) is 5.74. The zero-order chi connectivity index (χ0) is 13.2. The van der Waals surface area contributed by atoms with Crippen LogP contribution in [-0.2, 0) is 12.8 Å². The Bertz CT molecular complexity index is 443. The van der Waals surface area contributed by atoms with E-state index in [4.69, 9.17) is 0 Å². The van der Waals surface area contributed by atoms with Crippen LogP contribution >= 0.6 is 11.8 Å². The summed E-state index contributed by atoms with van der Waals surface area (Å²) in [7, 11) is 0. The molecule has 3 unspecified atom stereocenters. The predicted octanol–water partition coefficient (Wildman–Crippen LogP) is 4.04. The summed E-state index contributed by atoms with van der Waals surface area (Å²) in [5.74, 6) is 0.790. The molecule has 3 atom stereocenters. The van der Waals surface area contributed by atoms with Crippen LogP contribution in [0.4, 0.5) is 0 Å². The highest BCUT2D eigenvalue weighted by Gasteiger charge is 2.32. The third-order valence-corrected chi connectivity index (χ3v) is 6.30. The topological polar surface area (TPSA) is 12.0 Å². The second-order valence-corrected chi connectivity index (χ2v) is 7.35. The molecule has 19 heavy (non-hydrogen) atoms. The molecule has 0 heterocycles. The number of hydrogen-bond acceptors (Lipinski definition) is 2. The Morgan fingerprint density at radius 1 is 1.21 bits per heavy atom. The summed E-state index contributed by atoms with van der Waals surface area (Å²) >= 11 is 2.11. The van der Waals surface area contributed by atoms with Crippen molar-refractivity contribution in [2.75, 3.05) is 6.54 Å². The van der Waals surface area contributed by atoms with Crippen molar-refractivity contribution in [2.45, 2.75) is 62.1 Å². The molecule has 3 rings (SSSR count). The number of nitrogens with one attached hydrogen (secondary N) is 1. The van der Waals surface area contributed by atoms with Crippen molar-refractivity contribution in [3.63, 3.8) is 0 Å². The summed E-state index contributed by atoms with van der Waals surface area (Å²) < 4.78 is 0. The molecule has 2 aliphatic rings. The van der Waals surface area contributed by atoms with E-state index in [2.05, 4.69) is 49.1 Å². The highest BCUT2D eigenvalue weighted by molar-refractivity contribution is 8.00. The van der Waals surface area contributed by atoms with E-state index in [0.29, 0.717) is 0 Å². The van der Waals surface area contributed by atoms with Gasteiger partial charge in [-0.15, -0.1) is 11.8 Å². The van der Waals surface area contributed by atoms with Crippen molar-refractivity contribution in [3.8, 4) is 0 Å². The van der Waals surface area contributed by atoms with E-state index in [-0.39, 0.29) is 0 Å². The fourth-order valence-electron chi connectivity index (χ4n) is 3.64. The molecule has 1 fully saturated rings. The number of rotatable bonds is 4. The first kappa shape index (κ1) is 13.5. The SMILES string of the molecule is CCNC1CCC(Sc2ccc3c(c2)CCC3)C1C. The number of aryl methyl sites for hydroxylation is 2. The molecule has 1 N–H and O–H groups in total. The van der Waals surface area contributed by atoms with Gasteiger partial charge in [-0.25, -0.2) is 0 Å². The zero-order valence-electron chi connectivity index (χ0n) is 12.1. The Morgan fingerprint density at radius 3 is 2.89 bits per heavy atom. The van der Waals surface area contributed by atoms with Gasteiger partial charge in [-0.3, -0.25) is 0 Å². The molecule has 2 aliphatic carbocycles. The average Bonchev–Trinajstić information content (AvgIpc) is 3.00. The van der Waals surface area contributed by atoms with Crippen molar-refractivity contribution in [2.24, 2.45) is 5.92 Å². The predicted molar refractivity (Wildman–Crippen MR) is 84.0 cm³/mol. The Morgan fingerprint density at radius 2 is 2.05 bits per heavy atom. The van der Waals surface area contributed by atoms with Gasteiger partial charge in [-0.1, -0.05) is 19.9 Å². The standard InChI is InChI=1S/C17H25NS/c1-3-18-16-9-10-17(12(16)2)19-15-8-7-13-5-4-6-14(13)11-15/h7-8,11-12,16-18H,3-6,9-10H2,1-2H3. The lowest BCUT2D eigenvalue weighted by molar-refractivity contribution is 0.441. The van der Waals surface area contributed by atoms with Crippen LogP contribution in [0.5, 0.6) is 0 Å². The Balaban J connectivity index is 1.65. The van der Waals surface area contributed by atoms with E-state index in [0.717, 1.165) is 23.8 Å². The lowest BCUT2D eigenvalue weighted by atomic mass is 10.1. The molecule has 2 heteroatoms. The fourth-order valence-corrected chi connectivity index (χ4v) is 5.01. The normalized spacial score (nSPS) is 29.7. The molecule has 0 radical (unpaired) electrons. The van der Waals surface area contributed by atoms with E-state index in [1.54, 1.807) is 11.1 Å². The maximum absolute atomic E-state index is 3.64. The van der Waals surface area contributed by atoms with Gasteiger partial charge < -0.3 is 5.32 Å². The smallest absolute Gasteiger partial charge is 0.0135 e. The van der Waals surface area contributed by atoms with Gasteiger partial charge in [0.2, 0.25) is 0 Å². The third-order valence-electron chi connectivity index (χ3n) is 4.81. The van der Waals surface area contributed by atoms with Crippen LogP contribution < -0.4 is 5.32 Å². The molecule has 0 spiro atoms. The molecule has 1 saturated carbocycles.